The first-order valence-electron chi connectivity index (χ1n) is 7.82. The quantitative estimate of drug-likeness (QED) is 0.909. The van der Waals surface area contributed by atoms with E-state index in [1.54, 1.807) is 11.1 Å². The number of amides is 2. The lowest BCUT2D eigenvalue weighted by molar-refractivity contribution is -0.119. The van der Waals surface area contributed by atoms with Crippen LogP contribution in [0.3, 0.4) is 0 Å². The zero-order valence-electron chi connectivity index (χ0n) is 13.7. The van der Waals surface area contributed by atoms with Crippen LogP contribution in [0.1, 0.15) is 53.4 Å². The van der Waals surface area contributed by atoms with Gasteiger partial charge in [-0.15, -0.1) is 0 Å². The Morgan fingerprint density at radius 3 is 2.96 bits per heavy atom. The molecule has 2 aromatic heterocycles. The normalized spacial score (nSPS) is 17.1. The van der Waals surface area contributed by atoms with Crippen LogP contribution in [0.25, 0.3) is 0 Å². The molecule has 1 N–H and O–H groups in total. The minimum Gasteiger partial charge on any atom is -0.438 e. The number of carbonyl (C=O) groups is 2. The molecule has 2 aromatic rings. The summed E-state index contributed by atoms with van der Waals surface area (Å²) in [5.41, 5.74) is 1.60. The molecule has 126 valence electrons. The van der Waals surface area contributed by atoms with E-state index in [0.717, 1.165) is 24.1 Å². The average Bonchev–Trinajstić information content (AvgIpc) is 3.24. The molecule has 24 heavy (non-hydrogen) atoms. The van der Waals surface area contributed by atoms with Crippen molar-refractivity contribution < 1.29 is 14.0 Å². The number of rotatable bonds is 4. The summed E-state index contributed by atoms with van der Waals surface area (Å²) >= 11 is 0. The second-order valence-electron chi connectivity index (χ2n) is 5.76. The largest absolute Gasteiger partial charge is 0.438 e. The van der Waals surface area contributed by atoms with E-state index >= 15 is 0 Å². The standard InChI is InChI=1S/C16H19N5O3/c1-10-18-6-12(7-19-11(2)22)15(20-10)13-4-3-5-21(13)16(23)14-8-17-9-24-14/h6,8-9,13H,3-5,7H2,1-2H3,(H,19,22)/t13-/m1/s1. The maximum Gasteiger partial charge on any atom is 0.291 e. The number of nitrogens with one attached hydrogen (secondary N) is 1. The van der Waals surface area contributed by atoms with Gasteiger partial charge in [0, 0.05) is 31.8 Å². The fraction of sp³-hybridized carbons (Fsp3) is 0.438. The van der Waals surface area contributed by atoms with Crippen molar-refractivity contribution in [3.63, 3.8) is 0 Å². The predicted octanol–water partition coefficient (Wildman–Crippen LogP) is 1.39. The molecule has 3 heterocycles. The maximum atomic E-state index is 12.6. The smallest absolute Gasteiger partial charge is 0.291 e. The molecule has 0 aromatic carbocycles. The number of aryl methyl sites for hydroxylation is 1. The first-order chi connectivity index (χ1) is 11.6. The third kappa shape index (κ3) is 3.27. The Morgan fingerprint density at radius 1 is 1.42 bits per heavy atom. The summed E-state index contributed by atoms with van der Waals surface area (Å²) in [6.07, 6.45) is 6.07. The summed E-state index contributed by atoms with van der Waals surface area (Å²) in [5, 5.41) is 2.77. The number of carbonyl (C=O) groups excluding carboxylic acids is 2. The van der Waals surface area contributed by atoms with Crippen LogP contribution in [0, 0.1) is 6.92 Å². The molecule has 0 saturated carbocycles. The highest BCUT2D eigenvalue weighted by Crippen LogP contribution is 2.33. The third-order valence-corrected chi connectivity index (χ3v) is 4.02. The van der Waals surface area contributed by atoms with Crippen molar-refractivity contribution in [2.75, 3.05) is 6.54 Å². The molecule has 2 amide bonds. The van der Waals surface area contributed by atoms with Gasteiger partial charge in [0.25, 0.3) is 5.91 Å². The number of oxazole rings is 1. The molecule has 0 bridgehead atoms. The van der Waals surface area contributed by atoms with Crippen molar-refractivity contribution in [1.82, 2.24) is 25.2 Å². The van der Waals surface area contributed by atoms with E-state index in [0.29, 0.717) is 18.9 Å². The first kappa shape index (κ1) is 16.1. The van der Waals surface area contributed by atoms with Gasteiger partial charge < -0.3 is 14.6 Å². The molecule has 3 rings (SSSR count). The molecular weight excluding hydrogens is 310 g/mol. The van der Waals surface area contributed by atoms with Gasteiger partial charge in [-0.1, -0.05) is 0 Å². The summed E-state index contributed by atoms with van der Waals surface area (Å²) in [5.74, 6) is 0.533. The van der Waals surface area contributed by atoms with E-state index in [1.807, 2.05) is 6.92 Å². The monoisotopic (exact) mass is 329 g/mol. The van der Waals surface area contributed by atoms with Gasteiger partial charge in [0.15, 0.2) is 6.39 Å². The van der Waals surface area contributed by atoms with Gasteiger partial charge in [0.05, 0.1) is 17.9 Å². The molecule has 1 fully saturated rings. The van der Waals surface area contributed by atoms with Crippen LogP contribution in [0.2, 0.25) is 0 Å². The van der Waals surface area contributed by atoms with E-state index in [9.17, 15) is 9.59 Å². The number of hydrogen-bond acceptors (Lipinski definition) is 6. The van der Waals surface area contributed by atoms with Crippen molar-refractivity contribution in [3.8, 4) is 0 Å². The van der Waals surface area contributed by atoms with Crippen LogP contribution >= 0.6 is 0 Å². The number of hydrogen-bond donors (Lipinski definition) is 1. The van der Waals surface area contributed by atoms with Gasteiger partial charge in [-0.25, -0.2) is 15.0 Å². The topological polar surface area (TPSA) is 101 Å². The van der Waals surface area contributed by atoms with Crippen molar-refractivity contribution in [2.24, 2.45) is 0 Å². The highest BCUT2D eigenvalue weighted by atomic mass is 16.3. The van der Waals surface area contributed by atoms with Crippen LogP contribution in [-0.2, 0) is 11.3 Å². The lowest BCUT2D eigenvalue weighted by Crippen LogP contribution is -2.32. The second-order valence-corrected chi connectivity index (χ2v) is 5.76. The highest BCUT2D eigenvalue weighted by Gasteiger charge is 2.34. The Labute approximate surface area is 139 Å². The molecule has 1 aliphatic rings. The van der Waals surface area contributed by atoms with Gasteiger partial charge in [-0.3, -0.25) is 9.59 Å². The maximum absolute atomic E-state index is 12.6. The fourth-order valence-corrected chi connectivity index (χ4v) is 2.91. The lowest BCUT2D eigenvalue weighted by Gasteiger charge is -2.25. The van der Waals surface area contributed by atoms with Crippen LogP contribution in [0.4, 0.5) is 0 Å². The molecule has 1 aliphatic heterocycles. The number of nitrogens with zero attached hydrogens (tertiary/aromatic N) is 4. The van der Waals surface area contributed by atoms with Crippen LogP contribution in [-0.4, -0.2) is 38.2 Å². The van der Waals surface area contributed by atoms with Crippen LogP contribution < -0.4 is 5.32 Å². The van der Waals surface area contributed by atoms with Crippen molar-refractivity contribution >= 4 is 11.8 Å². The number of aromatic nitrogens is 3. The summed E-state index contributed by atoms with van der Waals surface area (Å²) in [6, 6.07) is -0.159. The van der Waals surface area contributed by atoms with Crippen LogP contribution in [0.5, 0.6) is 0 Å². The molecule has 0 spiro atoms. The summed E-state index contributed by atoms with van der Waals surface area (Å²) < 4.78 is 5.13. The second kappa shape index (κ2) is 6.77. The Bertz CT molecular complexity index is 744. The third-order valence-electron chi connectivity index (χ3n) is 4.02. The molecule has 1 saturated heterocycles. The van der Waals surface area contributed by atoms with Gasteiger partial charge in [0.1, 0.15) is 5.82 Å². The average molecular weight is 329 g/mol. The predicted molar refractivity (Wildman–Crippen MR) is 83.8 cm³/mol. The Balaban J connectivity index is 1.90. The zero-order valence-corrected chi connectivity index (χ0v) is 13.7. The van der Waals surface area contributed by atoms with Crippen molar-refractivity contribution in [3.05, 3.63) is 41.6 Å². The lowest BCUT2D eigenvalue weighted by atomic mass is 10.1. The van der Waals surface area contributed by atoms with Gasteiger partial charge in [0.2, 0.25) is 11.7 Å². The van der Waals surface area contributed by atoms with Crippen LogP contribution in [0.15, 0.2) is 23.2 Å². The minimum atomic E-state index is -0.197. The summed E-state index contributed by atoms with van der Waals surface area (Å²) in [7, 11) is 0. The molecular formula is C16H19N5O3. The Morgan fingerprint density at radius 2 is 2.25 bits per heavy atom. The van der Waals surface area contributed by atoms with Gasteiger partial charge in [-0.05, 0) is 19.8 Å². The molecule has 8 heteroatoms. The molecule has 0 unspecified atom stereocenters. The minimum absolute atomic E-state index is 0.123. The summed E-state index contributed by atoms with van der Waals surface area (Å²) in [6.45, 7) is 4.24. The van der Waals surface area contributed by atoms with Gasteiger partial charge >= 0.3 is 0 Å². The highest BCUT2D eigenvalue weighted by molar-refractivity contribution is 5.91. The Kier molecular flexibility index (Phi) is 4.54. The van der Waals surface area contributed by atoms with E-state index in [2.05, 4.69) is 20.3 Å². The van der Waals surface area contributed by atoms with Crippen molar-refractivity contribution in [1.29, 1.82) is 0 Å². The van der Waals surface area contributed by atoms with Crippen molar-refractivity contribution in [2.45, 2.75) is 39.3 Å². The van der Waals surface area contributed by atoms with E-state index < -0.39 is 0 Å². The van der Waals surface area contributed by atoms with Gasteiger partial charge in [-0.2, -0.15) is 0 Å². The van der Waals surface area contributed by atoms with E-state index in [1.165, 1.54) is 19.5 Å². The fourth-order valence-electron chi connectivity index (χ4n) is 2.91. The van der Waals surface area contributed by atoms with E-state index in [-0.39, 0.29) is 23.6 Å². The van der Waals surface area contributed by atoms with E-state index in [4.69, 9.17) is 4.42 Å². The first-order valence-corrected chi connectivity index (χ1v) is 7.82. The Hall–Kier alpha value is -2.77. The molecule has 0 radical (unpaired) electrons. The number of likely N-dealkylation sites (tertiary alicyclic amines) is 1. The molecule has 0 aliphatic carbocycles. The zero-order chi connectivity index (χ0) is 17.1. The summed E-state index contributed by atoms with van der Waals surface area (Å²) in [4.78, 5) is 38.2. The SMILES string of the molecule is CC(=O)NCc1cnc(C)nc1[C@H]1CCCN1C(=O)c1cnco1. The molecule has 8 nitrogen and oxygen atoms in total. The molecule has 1 atom stereocenters.